The van der Waals surface area contributed by atoms with E-state index in [0.717, 1.165) is 24.7 Å². The highest BCUT2D eigenvalue weighted by Crippen LogP contribution is 2.55. The first kappa shape index (κ1) is 21.4. The summed E-state index contributed by atoms with van der Waals surface area (Å²) in [6.45, 7) is 0. The number of hydrogen-bond acceptors (Lipinski definition) is 6. The van der Waals surface area contributed by atoms with Crippen LogP contribution < -0.4 is 0 Å². The number of aliphatic imine (C=N–C) groups is 2. The third-order valence-electron chi connectivity index (χ3n) is 6.99. The van der Waals surface area contributed by atoms with Crippen LogP contribution in [0.4, 0.5) is 0 Å². The van der Waals surface area contributed by atoms with Gasteiger partial charge >= 0.3 is 0 Å². The first-order valence-electron chi connectivity index (χ1n) is 10.7. The molecule has 0 heterocycles. The Morgan fingerprint density at radius 3 is 1.65 bits per heavy atom. The number of benzene rings is 2. The van der Waals surface area contributed by atoms with Gasteiger partial charge in [-0.15, -0.1) is 0 Å². The quantitative estimate of drug-likeness (QED) is 0.587. The molecule has 0 aromatic heterocycles. The average Bonchev–Trinajstić information content (AvgIpc) is 2.78. The maximum absolute atomic E-state index is 10.8. The molecule has 0 aliphatic heterocycles. The Balaban J connectivity index is 0.000000163. The van der Waals surface area contributed by atoms with Crippen LogP contribution in [0.25, 0.3) is 0 Å². The molecule has 2 N–H and O–H groups in total. The molecule has 3 unspecified atom stereocenters. The van der Waals surface area contributed by atoms with Crippen molar-refractivity contribution in [1.29, 1.82) is 0 Å². The molecule has 4 aliphatic carbocycles. The molecular formula is C25H26N2O4. The van der Waals surface area contributed by atoms with Gasteiger partial charge in [0, 0.05) is 11.1 Å². The average molecular weight is 418 g/mol. The molecule has 2 aromatic rings. The molecule has 0 saturated heterocycles. The lowest BCUT2D eigenvalue weighted by molar-refractivity contribution is -0.203. The molecule has 0 amide bonds. The Bertz CT molecular complexity index is 923. The normalized spacial score (nSPS) is 30.4. The molecular weight excluding hydrogens is 392 g/mol. The van der Waals surface area contributed by atoms with Gasteiger partial charge < -0.3 is 10.2 Å². The number of aliphatic hydroxyl groups excluding tert-OH is 1. The van der Waals surface area contributed by atoms with Gasteiger partial charge in [0.05, 0.1) is 11.7 Å². The van der Waals surface area contributed by atoms with Crippen molar-refractivity contribution in [2.75, 3.05) is 0 Å². The third kappa shape index (κ3) is 4.04. The second-order valence-electron chi connectivity index (χ2n) is 8.97. The molecule has 2 aromatic carbocycles. The van der Waals surface area contributed by atoms with Crippen LogP contribution in [0.15, 0.2) is 70.6 Å². The van der Waals surface area contributed by atoms with Crippen molar-refractivity contribution in [3.8, 4) is 0 Å². The smallest absolute Gasteiger partial charge is 0.238 e. The lowest BCUT2D eigenvalue weighted by atomic mass is 9.53. The van der Waals surface area contributed by atoms with Crippen LogP contribution in [0.1, 0.15) is 43.2 Å². The van der Waals surface area contributed by atoms with Gasteiger partial charge in [0.25, 0.3) is 0 Å². The summed E-state index contributed by atoms with van der Waals surface area (Å²) >= 11 is 0. The molecule has 6 heteroatoms. The summed E-state index contributed by atoms with van der Waals surface area (Å²) in [5.41, 5.74) is -0.887. The summed E-state index contributed by atoms with van der Waals surface area (Å²) in [5.74, 6) is 1.85. The number of hydrogen-bond donors (Lipinski definition) is 2. The number of isocyanates is 2. The van der Waals surface area contributed by atoms with E-state index in [1.54, 1.807) is 48.5 Å². The van der Waals surface area contributed by atoms with Gasteiger partial charge in [0.2, 0.25) is 17.8 Å². The topological polar surface area (TPSA) is 99.3 Å². The lowest BCUT2D eigenvalue weighted by Crippen LogP contribution is -2.60. The maximum Gasteiger partial charge on any atom is 0.238 e. The fraction of sp³-hybridized carbons (Fsp3) is 0.440. The first-order valence-corrected chi connectivity index (χ1v) is 10.7. The van der Waals surface area contributed by atoms with E-state index in [2.05, 4.69) is 9.98 Å². The molecule has 160 valence electrons. The molecule has 0 radical (unpaired) electrons. The SMILES string of the molecule is O=C=NC(N=C=O)(c1ccccc1)c1ccccc1.OC1C2CC3CC(C2)CC1(O)C3. The Morgan fingerprint density at radius 2 is 1.26 bits per heavy atom. The first-order chi connectivity index (χ1) is 15.0. The van der Waals surface area contributed by atoms with E-state index in [4.69, 9.17) is 0 Å². The van der Waals surface area contributed by atoms with E-state index in [9.17, 15) is 19.8 Å². The predicted octanol–water partition coefficient (Wildman–Crippen LogP) is 3.48. The summed E-state index contributed by atoms with van der Waals surface area (Å²) in [6.07, 6.45) is 7.94. The molecule has 4 fully saturated rings. The number of nitrogens with zero attached hydrogens (tertiary/aromatic N) is 2. The molecule has 4 saturated carbocycles. The van der Waals surface area contributed by atoms with Crippen LogP contribution in [0.5, 0.6) is 0 Å². The van der Waals surface area contributed by atoms with E-state index in [-0.39, 0.29) is 0 Å². The Hall–Kier alpha value is -2.88. The largest absolute Gasteiger partial charge is 0.390 e. The number of carbonyl (C=O) groups excluding carboxylic acids is 2. The van der Waals surface area contributed by atoms with Crippen molar-refractivity contribution in [3.05, 3.63) is 71.8 Å². The van der Waals surface area contributed by atoms with Gasteiger partial charge in [-0.1, -0.05) is 60.7 Å². The zero-order valence-electron chi connectivity index (χ0n) is 17.2. The number of rotatable bonds is 4. The second-order valence-corrected chi connectivity index (χ2v) is 8.97. The van der Waals surface area contributed by atoms with E-state index in [1.165, 1.54) is 31.4 Å². The molecule has 4 bridgehead atoms. The van der Waals surface area contributed by atoms with Gasteiger partial charge in [0.15, 0.2) is 0 Å². The van der Waals surface area contributed by atoms with Gasteiger partial charge in [0.1, 0.15) is 0 Å². The highest BCUT2D eigenvalue weighted by Gasteiger charge is 2.55. The maximum atomic E-state index is 10.8. The molecule has 0 spiro atoms. The Kier molecular flexibility index (Phi) is 5.99. The van der Waals surface area contributed by atoms with Crippen molar-refractivity contribution in [3.63, 3.8) is 0 Å². The van der Waals surface area contributed by atoms with Crippen molar-refractivity contribution < 1.29 is 19.8 Å². The number of aliphatic hydroxyl groups is 2. The fourth-order valence-corrected chi connectivity index (χ4v) is 5.89. The molecule has 31 heavy (non-hydrogen) atoms. The zero-order chi connectivity index (χ0) is 21.9. The molecule has 4 aliphatic rings. The van der Waals surface area contributed by atoms with Crippen LogP contribution in [0.3, 0.4) is 0 Å². The van der Waals surface area contributed by atoms with Gasteiger partial charge in [-0.25, -0.2) is 9.59 Å². The highest BCUT2D eigenvalue weighted by molar-refractivity contribution is 5.49. The minimum absolute atomic E-state index is 0.412. The van der Waals surface area contributed by atoms with Gasteiger partial charge in [-0.2, -0.15) is 9.98 Å². The van der Waals surface area contributed by atoms with E-state index in [0.29, 0.717) is 17.0 Å². The molecule has 3 atom stereocenters. The van der Waals surface area contributed by atoms with Gasteiger partial charge in [-0.05, 0) is 49.9 Å². The van der Waals surface area contributed by atoms with E-state index < -0.39 is 17.4 Å². The van der Waals surface area contributed by atoms with E-state index in [1.807, 2.05) is 12.1 Å². The zero-order valence-corrected chi connectivity index (χ0v) is 17.2. The Morgan fingerprint density at radius 1 is 0.806 bits per heavy atom. The Labute approximate surface area is 181 Å². The van der Waals surface area contributed by atoms with Crippen molar-refractivity contribution in [1.82, 2.24) is 0 Å². The highest BCUT2D eigenvalue weighted by atomic mass is 16.3. The van der Waals surface area contributed by atoms with Crippen LogP contribution in [0, 0.1) is 17.8 Å². The summed E-state index contributed by atoms with van der Waals surface area (Å²) in [4.78, 5) is 29.0. The van der Waals surface area contributed by atoms with Crippen LogP contribution in [-0.4, -0.2) is 34.1 Å². The standard InChI is InChI=1S/C15H10N2O2.C10H16O2/c18-11-16-15(17-12-19,13-7-3-1-4-8-13)14-9-5-2-6-10-14;11-9-8-2-6-1-7(3-8)5-10(9,12)4-6/h1-10H;6-9,11-12H,1-5H2. The lowest BCUT2D eigenvalue weighted by Gasteiger charge is -2.57. The summed E-state index contributed by atoms with van der Waals surface area (Å²) < 4.78 is 0. The summed E-state index contributed by atoms with van der Waals surface area (Å²) in [5, 5.41) is 20.0. The molecule has 6 nitrogen and oxygen atoms in total. The van der Waals surface area contributed by atoms with Crippen LogP contribution in [-0.2, 0) is 15.3 Å². The monoisotopic (exact) mass is 418 g/mol. The third-order valence-corrected chi connectivity index (χ3v) is 6.99. The van der Waals surface area contributed by atoms with Crippen molar-refractivity contribution >= 4 is 12.2 Å². The second kappa shape index (κ2) is 8.70. The summed E-state index contributed by atoms with van der Waals surface area (Å²) in [6, 6.07) is 17.8. The minimum atomic E-state index is -1.41. The predicted molar refractivity (Wildman–Crippen MR) is 114 cm³/mol. The fourth-order valence-electron chi connectivity index (χ4n) is 5.89. The minimum Gasteiger partial charge on any atom is -0.390 e. The van der Waals surface area contributed by atoms with E-state index >= 15 is 0 Å². The van der Waals surface area contributed by atoms with Crippen molar-refractivity contribution in [2.45, 2.75) is 49.5 Å². The van der Waals surface area contributed by atoms with Gasteiger partial charge in [-0.3, -0.25) is 0 Å². The van der Waals surface area contributed by atoms with Crippen LogP contribution >= 0.6 is 0 Å². The van der Waals surface area contributed by atoms with Crippen molar-refractivity contribution in [2.24, 2.45) is 27.7 Å². The van der Waals surface area contributed by atoms with Crippen LogP contribution in [0.2, 0.25) is 0 Å². The molecule has 6 rings (SSSR count). The summed E-state index contributed by atoms with van der Waals surface area (Å²) in [7, 11) is 0.